The molecule has 2 unspecified atom stereocenters. The van der Waals surface area contributed by atoms with E-state index in [1.165, 1.54) is 11.6 Å². The van der Waals surface area contributed by atoms with Crippen LogP contribution in [0.4, 0.5) is 4.39 Å². The maximum atomic E-state index is 13.1. The van der Waals surface area contributed by atoms with Gasteiger partial charge in [-0.05, 0) is 55.4 Å². The predicted molar refractivity (Wildman–Crippen MR) is 67.5 cm³/mol. The van der Waals surface area contributed by atoms with Gasteiger partial charge in [-0.25, -0.2) is 4.39 Å². The Balaban J connectivity index is 2.35. The van der Waals surface area contributed by atoms with Crippen molar-refractivity contribution in [3.63, 3.8) is 0 Å². The van der Waals surface area contributed by atoms with Gasteiger partial charge in [-0.3, -0.25) is 0 Å². The fraction of sp³-hybridized carbons (Fsp3) is 0.600. The minimum absolute atomic E-state index is 0.00257. The Morgan fingerprint density at radius 2 is 2.00 bits per heavy atom. The minimum Gasteiger partial charge on any atom is -0.393 e. The molecular formula is C15H21FO. The van der Waals surface area contributed by atoms with Crippen LogP contribution in [0.25, 0.3) is 0 Å². The molecule has 1 aliphatic carbocycles. The highest BCUT2D eigenvalue weighted by Crippen LogP contribution is 2.57. The van der Waals surface area contributed by atoms with Crippen LogP contribution >= 0.6 is 0 Å². The van der Waals surface area contributed by atoms with Crippen molar-refractivity contribution in [3.05, 3.63) is 35.1 Å². The van der Waals surface area contributed by atoms with E-state index in [0.717, 1.165) is 24.8 Å². The smallest absolute Gasteiger partial charge is 0.123 e. The lowest BCUT2D eigenvalue weighted by molar-refractivity contribution is -0.0933. The van der Waals surface area contributed by atoms with Crippen LogP contribution in [0.15, 0.2) is 18.2 Å². The van der Waals surface area contributed by atoms with Crippen molar-refractivity contribution in [2.75, 3.05) is 0 Å². The molecule has 0 amide bonds. The average Bonchev–Trinajstić information content (AvgIpc) is 2.29. The summed E-state index contributed by atoms with van der Waals surface area (Å²) in [4.78, 5) is 0. The van der Waals surface area contributed by atoms with Gasteiger partial charge in [0.2, 0.25) is 0 Å². The summed E-state index contributed by atoms with van der Waals surface area (Å²) in [7, 11) is 0. The Labute approximate surface area is 103 Å². The van der Waals surface area contributed by atoms with E-state index in [4.69, 9.17) is 0 Å². The summed E-state index contributed by atoms with van der Waals surface area (Å²) in [5, 5.41) is 10.1. The first kappa shape index (κ1) is 12.6. The molecule has 0 aliphatic heterocycles. The van der Waals surface area contributed by atoms with Gasteiger partial charge in [-0.1, -0.05) is 19.9 Å². The molecule has 1 aliphatic rings. The molecular weight excluding hydrogens is 215 g/mol. The Morgan fingerprint density at radius 3 is 2.47 bits per heavy atom. The number of hydrogen-bond acceptors (Lipinski definition) is 1. The second-order valence-electron chi connectivity index (χ2n) is 5.25. The monoisotopic (exact) mass is 236 g/mol. The van der Waals surface area contributed by atoms with Crippen LogP contribution in [-0.2, 0) is 0 Å². The van der Waals surface area contributed by atoms with Crippen molar-refractivity contribution < 1.29 is 9.50 Å². The van der Waals surface area contributed by atoms with Gasteiger partial charge in [0.05, 0.1) is 6.10 Å². The summed E-state index contributed by atoms with van der Waals surface area (Å²) in [6, 6.07) is 5.01. The summed E-state index contributed by atoms with van der Waals surface area (Å²) in [6.07, 6.45) is 2.57. The van der Waals surface area contributed by atoms with Crippen LogP contribution in [-0.4, -0.2) is 11.2 Å². The van der Waals surface area contributed by atoms with E-state index in [1.807, 2.05) is 13.0 Å². The molecule has 94 valence electrons. The highest BCUT2D eigenvalue weighted by molar-refractivity contribution is 5.34. The van der Waals surface area contributed by atoms with Gasteiger partial charge in [0, 0.05) is 5.41 Å². The molecule has 1 fully saturated rings. The van der Waals surface area contributed by atoms with Crippen molar-refractivity contribution in [1.29, 1.82) is 0 Å². The molecule has 0 bridgehead atoms. The van der Waals surface area contributed by atoms with Crippen molar-refractivity contribution in [3.8, 4) is 0 Å². The van der Waals surface area contributed by atoms with E-state index in [1.54, 1.807) is 6.07 Å². The number of hydrogen-bond donors (Lipinski definition) is 1. The van der Waals surface area contributed by atoms with Crippen LogP contribution in [0.5, 0.6) is 0 Å². The Kier molecular flexibility index (Phi) is 3.26. The molecule has 17 heavy (non-hydrogen) atoms. The first-order valence-electron chi connectivity index (χ1n) is 6.49. The maximum Gasteiger partial charge on any atom is 0.123 e. The van der Waals surface area contributed by atoms with Crippen molar-refractivity contribution >= 4 is 0 Å². The summed E-state index contributed by atoms with van der Waals surface area (Å²) < 4.78 is 13.1. The highest BCUT2D eigenvalue weighted by atomic mass is 19.1. The summed E-state index contributed by atoms with van der Waals surface area (Å²) >= 11 is 0. The normalized spacial score (nSPS) is 26.6. The Hall–Kier alpha value is -0.890. The minimum atomic E-state index is -0.202. The summed E-state index contributed by atoms with van der Waals surface area (Å²) in [6.45, 7) is 6.23. The molecule has 0 aromatic heterocycles. The van der Waals surface area contributed by atoms with E-state index in [9.17, 15) is 9.50 Å². The lowest BCUT2D eigenvalue weighted by Crippen LogP contribution is -2.51. The van der Waals surface area contributed by atoms with Crippen LogP contribution in [0.1, 0.15) is 50.2 Å². The zero-order valence-electron chi connectivity index (χ0n) is 10.8. The van der Waals surface area contributed by atoms with E-state index in [0.29, 0.717) is 5.92 Å². The van der Waals surface area contributed by atoms with Gasteiger partial charge >= 0.3 is 0 Å². The molecule has 2 heteroatoms. The topological polar surface area (TPSA) is 20.2 Å². The third kappa shape index (κ3) is 1.79. The molecule has 2 atom stereocenters. The van der Waals surface area contributed by atoms with Gasteiger partial charge in [0.25, 0.3) is 0 Å². The van der Waals surface area contributed by atoms with Crippen molar-refractivity contribution in [2.45, 2.75) is 52.1 Å². The highest BCUT2D eigenvalue weighted by Gasteiger charge is 2.52. The summed E-state index contributed by atoms with van der Waals surface area (Å²) in [5.74, 6) is 0.206. The van der Waals surface area contributed by atoms with Crippen molar-refractivity contribution in [1.82, 2.24) is 0 Å². The predicted octanol–water partition coefficient (Wildman–Crippen LogP) is 3.79. The van der Waals surface area contributed by atoms with E-state index in [-0.39, 0.29) is 17.3 Å². The fourth-order valence-corrected chi connectivity index (χ4v) is 3.45. The van der Waals surface area contributed by atoms with Crippen LogP contribution < -0.4 is 0 Å². The molecule has 1 aromatic carbocycles. The van der Waals surface area contributed by atoms with E-state index >= 15 is 0 Å². The van der Waals surface area contributed by atoms with E-state index in [2.05, 4.69) is 13.8 Å². The number of aliphatic hydroxyl groups is 1. The average molecular weight is 236 g/mol. The zero-order valence-corrected chi connectivity index (χ0v) is 10.8. The molecule has 1 nitrogen and oxygen atoms in total. The third-order valence-corrected chi connectivity index (χ3v) is 4.74. The van der Waals surface area contributed by atoms with E-state index < -0.39 is 0 Å². The number of halogens is 1. The standard InChI is InChI=1S/C15H21FO/c1-4-15(5-2)13(9-14(15)17)12-7-6-11(16)8-10(12)3/h6-8,13-14,17H,4-5,9H2,1-3H3. The molecule has 0 spiro atoms. The fourth-order valence-electron chi connectivity index (χ4n) is 3.45. The molecule has 2 rings (SSSR count). The van der Waals surface area contributed by atoms with Gasteiger partial charge in [-0.2, -0.15) is 0 Å². The van der Waals surface area contributed by atoms with Crippen LogP contribution in [0, 0.1) is 18.2 Å². The second kappa shape index (κ2) is 4.41. The lowest BCUT2D eigenvalue weighted by Gasteiger charge is -2.54. The third-order valence-electron chi connectivity index (χ3n) is 4.74. The molecule has 0 heterocycles. The van der Waals surface area contributed by atoms with Gasteiger partial charge in [0.15, 0.2) is 0 Å². The molecule has 1 saturated carbocycles. The molecule has 1 N–H and O–H groups in total. The Bertz CT molecular complexity index is 409. The molecule has 1 aromatic rings. The zero-order chi connectivity index (χ0) is 12.6. The summed E-state index contributed by atoms with van der Waals surface area (Å²) in [5.41, 5.74) is 2.22. The maximum absolute atomic E-state index is 13.1. The first-order chi connectivity index (χ1) is 8.05. The Morgan fingerprint density at radius 1 is 1.35 bits per heavy atom. The molecule has 0 radical (unpaired) electrons. The van der Waals surface area contributed by atoms with Gasteiger partial charge in [0.1, 0.15) is 5.82 Å². The SMILES string of the molecule is CCC1(CC)C(O)CC1c1ccc(F)cc1C. The van der Waals surface area contributed by atoms with Crippen LogP contribution in [0.3, 0.4) is 0 Å². The first-order valence-corrected chi connectivity index (χ1v) is 6.49. The number of benzene rings is 1. The molecule has 0 saturated heterocycles. The number of rotatable bonds is 3. The quantitative estimate of drug-likeness (QED) is 0.846. The number of aryl methyl sites for hydroxylation is 1. The number of aliphatic hydroxyl groups excluding tert-OH is 1. The lowest BCUT2D eigenvalue weighted by atomic mass is 9.52. The van der Waals surface area contributed by atoms with Crippen molar-refractivity contribution in [2.24, 2.45) is 5.41 Å². The second-order valence-corrected chi connectivity index (χ2v) is 5.25. The largest absolute Gasteiger partial charge is 0.393 e. The van der Waals surface area contributed by atoms with Crippen LogP contribution in [0.2, 0.25) is 0 Å². The van der Waals surface area contributed by atoms with Gasteiger partial charge < -0.3 is 5.11 Å². The van der Waals surface area contributed by atoms with Gasteiger partial charge in [-0.15, -0.1) is 0 Å².